The Labute approximate surface area is 183 Å². The quantitative estimate of drug-likeness (QED) is 0.175. The number of unbranched alkanes of at least 4 members (excludes halogenated alkanes) is 6. The first kappa shape index (κ1) is 24.5. The highest BCUT2D eigenvalue weighted by Crippen LogP contribution is 2.29. The minimum Gasteiger partial charge on any atom is -0.490 e. The summed E-state index contributed by atoms with van der Waals surface area (Å²) in [5.41, 5.74) is 0.594. The Morgan fingerprint density at radius 3 is 2.53 bits per heavy atom. The third kappa shape index (κ3) is 9.80. The lowest BCUT2D eigenvalue weighted by Gasteiger charge is -2.22. The summed E-state index contributed by atoms with van der Waals surface area (Å²) in [4.78, 5) is 12.6. The van der Waals surface area contributed by atoms with E-state index >= 15 is 0 Å². The monoisotopic (exact) mass is 416 g/mol. The van der Waals surface area contributed by atoms with Crippen molar-refractivity contribution in [1.29, 1.82) is 0 Å². The maximum absolute atomic E-state index is 12.6. The van der Waals surface area contributed by atoms with E-state index in [9.17, 15) is 4.79 Å². The van der Waals surface area contributed by atoms with Crippen molar-refractivity contribution in [3.8, 4) is 5.75 Å². The lowest BCUT2D eigenvalue weighted by Crippen LogP contribution is -2.22. The molecule has 1 fully saturated rings. The highest BCUT2D eigenvalue weighted by molar-refractivity contribution is 5.88. The van der Waals surface area contributed by atoms with Crippen molar-refractivity contribution < 1.29 is 19.0 Å². The Morgan fingerprint density at radius 2 is 1.83 bits per heavy atom. The van der Waals surface area contributed by atoms with Crippen LogP contribution in [0.2, 0.25) is 0 Å². The van der Waals surface area contributed by atoms with Gasteiger partial charge in [-0.1, -0.05) is 76.6 Å². The third-order valence-electron chi connectivity index (χ3n) is 5.81. The van der Waals surface area contributed by atoms with Crippen LogP contribution in [0.1, 0.15) is 77.6 Å². The number of carbonyl (C=O) groups is 1. The number of rotatable bonds is 16. The molecule has 1 saturated heterocycles. The van der Waals surface area contributed by atoms with E-state index in [0.29, 0.717) is 12.2 Å². The van der Waals surface area contributed by atoms with Gasteiger partial charge in [0.25, 0.3) is 0 Å². The largest absolute Gasteiger partial charge is 0.490 e. The molecule has 1 aromatic carbocycles. The van der Waals surface area contributed by atoms with Crippen LogP contribution in [0.5, 0.6) is 5.75 Å². The predicted octanol–water partition coefficient (Wildman–Crippen LogP) is 6.49. The van der Waals surface area contributed by atoms with Crippen molar-refractivity contribution in [2.75, 3.05) is 19.8 Å². The zero-order valence-electron chi connectivity index (χ0n) is 18.8. The van der Waals surface area contributed by atoms with Crippen molar-refractivity contribution in [1.82, 2.24) is 0 Å². The molecule has 2 atom stereocenters. The fourth-order valence-electron chi connectivity index (χ4n) is 4.00. The molecule has 1 aliphatic heterocycles. The van der Waals surface area contributed by atoms with E-state index in [2.05, 4.69) is 13.5 Å². The van der Waals surface area contributed by atoms with Crippen LogP contribution in [0.3, 0.4) is 0 Å². The van der Waals surface area contributed by atoms with E-state index in [0.717, 1.165) is 44.5 Å². The Kier molecular flexibility index (Phi) is 12.3. The van der Waals surface area contributed by atoms with Crippen molar-refractivity contribution >= 4 is 5.97 Å². The molecule has 0 spiro atoms. The molecule has 0 N–H and O–H groups in total. The van der Waals surface area contributed by atoms with Gasteiger partial charge in [-0.05, 0) is 43.7 Å². The molecule has 0 radical (unpaired) electrons. The van der Waals surface area contributed by atoms with Crippen molar-refractivity contribution in [2.24, 2.45) is 5.92 Å². The van der Waals surface area contributed by atoms with Crippen LogP contribution in [0, 0.1) is 5.92 Å². The second kappa shape index (κ2) is 15.1. The molecule has 1 aromatic rings. The standard InChI is InChI=1S/C26H40O4/c1-3-4-5-6-7-8-10-14-23(21-25-17-13-18-28-25)22(2)26(27)30-20-19-29-24-15-11-9-12-16-24/h9,11-12,15-16,23,25H,2-8,10,13-14,17-21H2,1H3. The Hall–Kier alpha value is -1.81. The van der Waals surface area contributed by atoms with Gasteiger partial charge in [-0.15, -0.1) is 0 Å². The number of para-hydroxylation sites is 1. The van der Waals surface area contributed by atoms with Gasteiger partial charge in [0.1, 0.15) is 19.0 Å². The van der Waals surface area contributed by atoms with Gasteiger partial charge in [-0.2, -0.15) is 0 Å². The molecule has 0 saturated carbocycles. The van der Waals surface area contributed by atoms with Gasteiger partial charge >= 0.3 is 5.97 Å². The van der Waals surface area contributed by atoms with Crippen molar-refractivity contribution in [3.63, 3.8) is 0 Å². The molecule has 0 aliphatic carbocycles. The summed E-state index contributed by atoms with van der Waals surface area (Å²) in [7, 11) is 0. The Bertz CT molecular complexity index is 592. The summed E-state index contributed by atoms with van der Waals surface area (Å²) in [6.07, 6.45) is 13.2. The van der Waals surface area contributed by atoms with Gasteiger partial charge in [-0.3, -0.25) is 0 Å². The molecule has 4 nitrogen and oxygen atoms in total. The second-order valence-electron chi connectivity index (χ2n) is 8.30. The number of hydrogen-bond acceptors (Lipinski definition) is 4. The Balaban J connectivity index is 1.71. The lowest BCUT2D eigenvalue weighted by atomic mass is 9.88. The summed E-state index contributed by atoms with van der Waals surface area (Å²) < 4.78 is 16.9. The topological polar surface area (TPSA) is 44.8 Å². The van der Waals surface area contributed by atoms with Gasteiger partial charge in [0.15, 0.2) is 0 Å². The second-order valence-corrected chi connectivity index (χ2v) is 8.30. The summed E-state index contributed by atoms with van der Waals surface area (Å²) in [6.45, 7) is 7.76. The van der Waals surface area contributed by atoms with Crippen LogP contribution in [0.4, 0.5) is 0 Å². The molecular weight excluding hydrogens is 376 g/mol. The number of benzene rings is 1. The molecule has 0 aromatic heterocycles. The fraction of sp³-hybridized carbons (Fsp3) is 0.654. The van der Waals surface area contributed by atoms with Crippen LogP contribution >= 0.6 is 0 Å². The molecule has 2 unspecified atom stereocenters. The van der Waals surface area contributed by atoms with E-state index in [1.165, 1.54) is 38.5 Å². The smallest absolute Gasteiger partial charge is 0.333 e. The van der Waals surface area contributed by atoms with Crippen molar-refractivity contribution in [3.05, 3.63) is 42.5 Å². The Morgan fingerprint density at radius 1 is 1.10 bits per heavy atom. The zero-order valence-corrected chi connectivity index (χ0v) is 18.8. The summed E-state index contributed by atoms with van der Waals surface area (Å²) >= 11 is 0. The van der Waals surface area contributed by atoms with Gasteiger partial charge in [-0.25, -0.2) is 4.79 Å². The average molecular weight is 417 g/mol. The maximum atomic E-state index is 12.6. The highest BCUT2D eigenvalue weighted by Gasteiger charge is 2.26. The average Bonchev–Trinajstić information content (AvgIpc) is 3.28. The molecule has 0 bridgehead atoms. The number of carbonyl (C=O) groups excluding carboxylic acids is 1. The molecule has 1 aliphatic rings. The normalized spacial score (nSPS) is 16.9. The van der Waals surface area contributed by atoms with Crippen LogP contribution < -0.4 is 4.74 Å². The summed E-state index contributed by atoms with van der Waals surface area (Å²) in [5, 5.41) is 0. The van der Waals surface area contributed by atoms with Crippen LogP contribution in [-0.2, 0) is 14.3 Å². The summed E-state index contributed by atoms with van der Waals surface area (Å²) in [5.74, 6) is 0.631. The summed E-state index contributed by atoms with van der Waals surface area (Å²) in [6, 6.07) is 9.56. The first-order chi connectivity index (χ1) is 14.7. The number of ether oxygens (including phenoxy) is 3. The molecule has 168 valence electrons. The van der Waals surface area contributed by atoms with Gasteiger partial charge in [0, 0.05) is 12.2 Å². The van der Waals surface area contributed by atoms with Crippen molar-refractivity contribution in [2.45, 2.75) is 83.7 Å². The van der Waals surface area contributed by atoms with Gasteiger partial charge < -0.3 is 14.2 Å². The van der Waals surface area contributed by atoms with Gasteiger partial charge in [0.05, 0.1) is 6.10 Å². The van der Waals surface area contributed by atoms with E-state index in [-0.39, 0.29) is 24.6 Å². The third-order valence-corrected chi connectivity index (χ3v) is 5.81. The van der Waals surface area contributed by atoms with E-state index in [1.54, 1.807) is 0 Å². The molecule has 1 heterocycles. The maximum Gasteiger partial charge on any atom is 0.333 e. The first-order valence-electron chi connectivity index (χ1n) is 11.9. The first-order valence-corrected chi connectivity index (χ1v) is 11.9. The lowest BCUT2D eigenvalue weighted by molar-refractivity contribution is -0.140. The fourth-order valence-corrected chi connectivity index (χ4v) is 4.00. The number of esters is 1. The van der Waals surface area contributed by atoms with E-state index in [4.69, 9.17) is 14.2 Å². The van der Waals surface area contributed by atoms with Gasteiger partial charge in [0.2, 0.25) is 0 Å². The van der Waals surface area contributed by atoms with Crippen LogP contribution in [0.15, 0.2) is 42.5 Å². The number of hydrogen-bond donors (Lipinski definition) is 0. The van der Waals surface area contributed by atoms with E-state index in [1.807, 2.05) is 30.3 Å². The van der Waals surface area contributed by atoms with Crippen LogP contribution in [-0.4, -0.2) is 31.9 Å². The highest BCUT2D eigenvalue weighted by atomic mass is 16.6. The molecule has 0 amide bonds. The predicted molar refractivity (Wildman–Crippen MR) is 122 cm³/mol. The molecule has 30 heavy (non-hydrogen) atoms. The van der Waals surface area contributed by atoms with Crippen LogP contribution in [0.25, 0.3) is 0 Å². The SMILES string of the molecule is C=C(C(=O)OCCOc1ccccc1)C(CCCCCCCCC)CC1CCCO1. The zero-order chi connectivity index (χ0) is 21.4. The van der Waals surface area contributed by atoms with E-state index < -0.39 is 0 Å². The molecule has 4 heteroatoms. The molecule has 2 rings (SSSR count). The minimum atomic E-state index is -0.294. The minimum absolute atomic E-state index is 0.145. The molecular formula is C26H40O4.